The summed E-state index contributed by atoms with van der Waals surface area (Å²) in [6.45, 7) is 1.99. The van der Waals surface area contributed by atoms with Gasteiger partial charge in [0.05, 0.1) is 16.1 Å². The van der Waals surface area contributed by atoms with Crippen molar-refractivity contribution in [2.24, 2.45) is 0 Å². The van der Waals surface area contributed by atoms with Crippen LogP contribution in [0.4, 0.5) is 0 Å². The molecule has 104 valence electrons. The lowest BCUT2D eigenvalue weighted by atomic mass is 10.2. The first-order chi connectivity index (χ1) is 8.99. The van der Waals surface area contributed by atoms with Gasteiger partial charge in [-0.05, 0) is 56.5 Å². The van der Waals surface area contributed by atoms with Crippen LogP contribution in [0.25, 0.3) is 0 Å². The first-order valence-corrected chi connectivity index (χ1v) is 7.16. The van der Waals surface area contributed by atoms with E-state index in [-0.39, 0.29) is 6.61 Å². The van der Waals surface area contributed by atoms with Gasteiger partial charge in [0.25, 0.3) is 0 Å². The van der Waals surface area contributed by atoms with Crippen molar-refractivity contribution in [2.45, 2.75) is 13.3 Å². The molecule has 0 radical (unpaired) electrons. The minimum atomic E-state index is -0.916. The van der Waals surface area contributed by atoms with E-state index in [1.807, 2.05) is 0 Å². The zero-order valence-corrected chi connectivity index (χ0v) is 13.7. The standard InChI is InChI=1S/C13H14Br2O4/c1-3-8(13(16)17)4-5-19-12-7-9(14)11(18-2)6-10(12)15/h4,6-7H,3,5H2,1-2H3,(H,16,17). The molecule has 0 heterocycles. The van der Waals surface area contributed by atoms with E-state index in [0.717, 1.165) is 8.95 Å². The summed E-state index contributed by atoms with van der Waals surface area (Å²) in [6, 6.07) is 3.55. The summed E-state index contributed by atoms with van der Waals surface area (Å²) in [7, 11) is 1.58. The summed E-state index contributed by atoms with van der Waals surface area (Å²) in [5.74, 6) is 0.389. The molecule has 6 heteroatoms. The SMILES string of the molecule is CCC(=CCOc1cc(Br)c(OC)cc1Br)C(=O)O. The van der Waals surface area contributed by atoms with Gasteiger partial charge in [-0.2, -0.15) is 0 Å². The molecule has 0 aliphatic rings. The maximum absolute atomic E-state index is 10.8. The third-order valence-electron chi connectivity index (χ3n) is 2.43. The van der Waals surface area contributed by atoms with Crippen LogP contribution in [0.15, 0.2) is 32.7 Å². The maximum Gasteiger partial charge on any atom is 0.331 e. The second kappa shape index (κ2) is 7.55. The zero-order chi connectivity index (χ0) is 14.4. The molecule has 0 aliphatic heterocycles. The summed E-state index contributed by atoms with van der Waals surface area (Å²) in [4.78, 5) is 10.8. The molecular formula is C13H14Br2O4. The van der Waals surface area contributed by atoms with Gasteiger partial charge in [0.15, 0.2) is 0 Å². The quantitative estimate of drug-likeness (QED) is 0.741. The molecule has 0 amide bonds. The van der Waals surface area contributed by atoms with E-state index in [0.29, 0.717) is 23.5 Å². The Kier molecular flexibility index (Phi) is 6.37. The van der Waals surface area contributed by atoms with E-state index in [9.17, 15) is 4.79 Å². The van der Waals surface area contributed by atoms with Crippen molar-refractivity contribution in [1.29, 1.82) is 0 Å². The maximum atomic E-state index is 10.8. The molecular weight excluding hydrogens is 380 g/mol. The van der Waals surface area contributed by atoms with Crippen LogP contribution in [0, 0.1) is 0 Å². The molecule has 1 N–H and O–H groups in total. The number of hydrogen-bond acceptors (Lipinski definition) is 3. The second-order valence-electron chi connectivity index (χ2n) is 3.62. The van der Waals surface area contributed by atoms with Crippen LogP contribution in [0.5, 0.6) is 11.5 Å². The minimum absolute atomic E-state index is 0.201. The fourth-order valence-corrected chi connectivity index (χ4v) is 2.31. The molecule has 0 saturated heterocycles. The Morgan fingerprint density at radius 2 is 1.89 bits per heavy atom. The molecule has 0 aromatic heterocycles. The van der Waals surface area contributed by atoms with Crippen LogP contribution >= 0.6 is 31.9 Å². The molecule has 0 bridgehead atoms. The number of carbonyl (C=O) groups is 1. The van der Waals surface area contributed by atoms with Gasteiger partial charge in [-0.1, -0.05) is 6.92 Å². The van der Waals surface area contributed by atoms with Crippen LogP contribution in [-0.4, -0.2) is 24.8 Å². The van der Waals surface area contributed by atoms with Gasteiger partial charge in [0.1, 0.15) is 18.1 Å². The van der Waals surface area contributed by atoms with E-state index in [1.54, 1.807) is 32.2 Å². The smallest absolute Gasteiger partial charge is 0.331 e. The largest absolute Gasteiger partial charge is 0.496 e. The van der Waals surface area contributed by atoms with Gasteiger partial charge in [-0.25, -0.2) is 4.79 Å². The summed E-state index contributed by atoms with van der Waals surface area (Å²) in [5, 5.41) is 8.88. The summed E-state index contributed by atoms with van der Waals surface area (Å²) >= 11 is 6.74. The Labute approximate surface area is 128 Å². The van der Waals surface area contributed by atoms with Crippen LogP contribution in [0.3, 0.4) is 0 Å². The molecule has 0 aliphatic carbocycles. The molecule has 1 aromatic carbocycles. The number of carboxylic acid groups (broad SMARTS) is 1. The topological polar surface area (TPSA) is 55.8 Å². The van der Waals surface area contributed by atoms with E-state index in [2.05, 4.69) is 31.9 Å². The third kappa shape index (κ3) is 4.54. The van der Waals surface area contributed by atoms with Crippen molar-refractivity contribution in [2.75, 3.05) is 13.7 Å². The fourth-order valence-electron chi connectivity index (χ4n) is 1.39. The van der Waals surface area contributed by atoms with Crippen molar-refractivity contribution in [3.63, 3.8) is 0 Å². The predicted molar refractivity (Wildman–Crippen MR) is 79.9 cm³/mol. The molecule has 0 unspecified atom stereocenters. The highest BCUT2D eigenvalue weighted by Gasteiger charge is 2.08. The lowest BCUT2D eigenvalue weighted by molar-refractivity contribution is -0.132. The van der Waals surface area contributed by atoms with Crippen LogP contribution in [-0.2, 0) is 4.79 Å². The number of hydrogen-bond donors (Lipinski definition) is 1. The number of benzene rings is 1. The monoisotopic (exact) mass is 392 g/mol. The van der Waals surface area contributed by atoms with Gasteiger partial charge in [0, 0.05) is 5.57 Å². The lowest BCUT2D eigenvalue weighted by Crippen LogP contribution is -2.03. The minimum Gasteiger partial charge on any atom is -0.496 e. The Balaban J connectivity index is 2.79. The molecule has 1 aromatic rings. The molecule has 0 spiro atoms. The number of aliphatic carboxylic acids is 1. The average Bonchev–Trinajstić information content (AvgIpc) is 2.37. The molecule has 19 heavy (non-hydrogen) atoms. The molecule has 0 saturated carbocycles. The normalized spacial score (nSPS) is 11.3. The Bertz CT molecular complexity index is 498. The Morgan fingerprint density at radius 3 is 2.42 bits per heavy atom. The summed E-state index contributed by atoms with van der Waals surface area (Å²) < 4.78 is 12.2. The fraction of sp³-hybridized carbons (Fsp3) is 0.308. The number of ether oxygens (including phenoxy) is 2. The van der Waals surface area contributed by atoms with Gasteiger partial charge >= 0.3 is 5.97 Å². The highest BCUT2D eigenvalue weighted by Crippen LogP contribution is 2.35. The lowest BCUT2D eigenvalue weighted by Gasteiger charge is -2.10. The van der Waals surface area contributed by atoms with Crippen LogP contribution in [0.1, 0.15) is 13.3 Å². The second-order valence-corrected chi connectivity index (χ2v) is 5.32. The first kappa shape index (κ1) is 16.0. The van der Waals surface area contributed by atoms with Crippen molar-refractivity contribution < 1.29 is 19.4 Å². The van der Waals surface area contributed by atoms with E-state index in [1.165, 1.54) is 0 Å². The van der Waals surface area contributed by atoms with Crippen LogP contribution in [0.2, 0.25) is 0 Å². The predicted octanol–water partition coefficient (Wildman–Crippen LogP) is 4.02. The first-order valence-electron chi connectivity index (χ1n) is 5.57. The molecule has 0 atom stereocenters. The average molecular weight is 394 g/mol. The van der Waals surface area contributed by atoms with Crippen molar-refractivity contribution in [3.05, 3.63) is 32.7 Å². The van der Waals surface area contributed by atoms with Gasteiger partial charge < -0.3 is 14.6 Å². The number of methoxy groups -OCH3 is 1. The molecule has 0 fully saturated rings. The van der Waals surface area contributed by atoms with Crippen molar-refractivity contribution in [3.8, 4) is 11.5 Å². The summed E-state index contributed by atoms with van der Waals surface area (Å²) in [5.41, 5.74) is 0.337. The highest BCUT2D eigenvalue weighted by molar-refractivity contribution is 9.11. The van der Waals surface area contributed by atoms with Gasteiger partial charge in [-0.3, -0.25) is 0 Å². The van der Waals surface area contributed by atoms with Crippen LogP contribution < -0.4 is 9.47 Å². The number of halogens is 2. The van der Waals surface area contributed by atoms with E-state index >= 15 is 0 Å². The van der Waals surface area contributed by atoms with Gasteiger partial charge in [0.2, 0.25) is 0 Å². The highest BCUT2D eigenvalue weighted by atomic mass is 79.9. The summed E-state index contributed by atoms with van der Waals surface area (Å²) in [6.07, 6.45) is 2.03. The molecule has 1 rings (SSSR count). The Morgan fingerprint density at radius 1 is 1.32 bits per heavy atom. The zero-order valence-electron chi connectivity index (χ0n) is 10.6. The Hall–Kier alpha value is -1.01. The van der Waals surface area contributed by atoms with Gasteiger partial charge in [-0.15, -0.1) is 0 Å². The number of rotatable bonds is 6. The number of carboxylic acids is 1. The van der Waals surface area contributed by atoms with E-state index < -0.39 is 5.97 Å². The van der Waals surface area contributed by atoms with Crippen molar-refractivity contribution in [1.82, 2.24) is 0 Å². The third-order valence-corrected chi connectivity index (χ3v) is 3.67. The van der Waals surface area contributed by atoms with Crippen molar-refractivity contribution >= 4 is 37.8 Å². The van der Waals surface area contributed by atoms with E-state index in [4.69, 9.17) is 14.6 Å². The molecule has 4 nitrogen and oxygen atoms in total.